The summed E-state index contributed by atoms with van der Waals surface area (Å²) in [5, 5.41) is 0.855. The third-order valence-corrected chi connectivity index (χ3v) is 4.96. The fourth-order valence-electron chi connectivity index (χ4n) is 2.72. The smallest absolute Gasteiger partial charge is 0.286 e. The second kappa shape index (κ2) is 7.01. The molecule has 1 aromatic rings. The Labute approximate surface area is 135 Å². The molecule has 1 fully saturated rings. The van der Waals surface area contributed by atoms with Crippen LogP contribution in [-0.2, 0) is 4.79 Å². The Hall–Kier alpha value is -1.75. The zero-order valence-corrected chi connectivity index (χ0v) is 13.6. The molecule has 116 valence electrons. The van der Waals surface area contributed by atoms with E-state index in [0.717, 1.165) is 29.6 Å². The number of carbonyl (C=O) groups excluding carboxylic acids is 1. The number of methoxy groups -OCH3 is 1. The van der Waals surface area contributed by atoms with E-state index in [9.17, 15) is 4.79 Å². The average Bonchev–Trinajstić information content (AvgIpc) is 2.76. The van der Waals surface area contributed by atoms with Crippen molar-refractivity contribution < 1.29 is 9.53 Å². The summed E-state index contributed by atoms with van der Waals surface area (Å²) in [7, 11) is 1.64. The van der Waals surface area contributed by atoms with Gasteiger partial charge >= 0.3 is 0 Å². The number of amidine groups is 1. The van der Waals surface area contributed by atoms with Gasteiger partial charge in [0.1, 0.15) is 5.75 Å². The van der Waals surface area contributed by atoms with Crippen molar-refractivity contribution in [2.45, 2.75) is 25.7 Å². The van der Waals surface area contributed by atoms with Gasteiger partial charge in [-0.1, -0.05) is 31.0 Å². The molecule has 0 spiro atoms. The molecule has 1 saturated heterocycles. The molecule has 1 aromatic carbocycles. The van der Waals surface area contributed by atoms with E-state index in [2.05, 4.69) is 9.89 Å². The molecular formula is C17H20N2O2S. The van der Waals surface area contributed by atoms with E-state index in [1.54, 1.807) is 7.11 Å². The van der Waals surface area contributed by atoms with Crippen LogP contribution in [0.15, 0.2) is 34.2 Å². The average molecular weight is 316 g/mol. The maximum atomic E-state index is 12.2. The van der Waals surface area contributed by atoms with Crippen molar-refractivity contribution in [1.29, 1.82) is 0 Å². The lowest BCUT2D eigenvalue weighted by molar-refractivity contribution is -0.113. The number of carbonyl (C=O) groups is 1. The highest BCUT2D eigenvalue weighted by Crippen LogP contribution is 2.32. The molecule has 3 rings (SSSR count). The van der Waals surface area contributed by atoms with Crippen LogP contribution in [0.4, 0.5) is 0 Å². The standard InChI is InChI=1S/C17H20N2O2S/c1-21-14-9-5-4-8-13(14)12-15-16(20)18-17(22-15)19-10-6-2-3-7-11-19/h4-5,8-9,12H,2-3,6-7,10-11H2,1H3/b15-12-. The molecule has 2 heterocycles. The van der Waals surface area contributed by atoms with Crippen LogP contribution in [0.1, 0.15) is 31.2 Å². The van der Waals surface area contributed by atoms with Gasteiger partial charge in [0.2, 0.25) is 0 Å². The van der Waals surface area contributed by atoms with E-state index in [1.165, 1.54) is 37.4 Å². The molecule has 22 heavy (non-hydrogen) atoms. The Balaban J connectivity index is 1.77. The minimum atomic E-state index is -0.143. The second-order valence-electron chi connectivity index (χ2n) is 5.45. The third kappa shape index (κ3) is 3.35. The van der Waals surface area contributed by atoms with Crippen molar-refractivity contribution in [2.24, 2.45) is 4.99 Å². The second-order valence-corrected chi connectivity index (χ2v) is 6.46. The Bertz CT molecular complexity index is 617. The third-order valence-electron chi connectivity index (χ3n) is 3.91. The molecule has 5 heteroatoms. The normalized spacial score (nSPS) is 21.0. The summed E-state index contributed by atoms with van der Waals surface area (Å²) in [6.07, 6.45) is 6.78. The van der Waals surface area contributed by atoms with Crippen LogP contribution < -0.4 is 4.74 Å². The van der Waals surface area contributed by atoms with E-state index in [0.29, 0.717) is 4.91 Å². The van der Waals surface area contributed by atoms with Gasteiger partial charge in [-0.2, -0.15) is 4.99 Å². The topological polar surface area (TPSA) is 41.9 Å². The van der Waals surface area contributed by atoms with Crippen LogP contribution in [0.5, 0.6) is 5.75 Å². The summed E-state index contributed by atoms with van der Waals surface area (Å²) in [6, 6.07) is 7.70. The van der Waals surface area contributed by atoms with Crippen LogP contribution in [0, 0.1) is 0 Å². The molecule has 0 radical (unpaired) electrons. The van der Waals surface area contributed by atoms with E-state index >= 15 is 0 Å². The lowest BCUT2D eigenvalue weighted by Crippen LogP contribution is -2.28. The van der Waals surface area contributed by atoms with E-state index in [4.69, 9.17) is 4.74 Å². The minimum Gasteiger partial charge on any atom is -0.496 e. The van der Waals surface area contributed by atoms with E-state index in [-0.39, 0.29) is 5.91 Å². The number of hydrogen-bond donors (Lipinski definition) is 0. The van der Waals surface area contributed by atoms with E-state index in [1.807, 2.05) is 30.3 Å². The van der Waals surface area contributed by atoms with Crippen molar-refractivity contribution in [3.63, 3.8) is 0 Å². The van der Waals surface area contributed by atoms with Gasteiger partial charge in [-0.05, 0) is 36.7 Å². The molecular weight excluding hydrogens is 296 g/mol. The monoisotopic (exact) mass is 316 g/mol. The lowest BCUT2D eigenvalue weighted by atomic mass is 10.2. The molecule has 4 nitrogen and oxygen atoms in total. The molecule has 2 aliphatic heterocycles. The van der Waals surface area contributed by atoms with Crippen LogP contribution in [-0.4, -0.2) is 36.2 Å². The number of rotatable bonds is 2. The molecule has 0 bridgehead atoms. The fourth-order valence-corrected chi connectivity index (χ4v) is 3.68. The summed E-state index contributed by atoms with van der Waals surface area (Å²) in [4.78, 5) is 19.3. The number of para-hydroxylation sites is 1. The Morgan fingerprint density at radius 2 is 1.91 bits per heavy atom. The molecule has 0 aromatic heterocycles. The van der Waals surface area contributed by atoms with Crippen molar-refractivity contribution in [3.05, 3.63) is 34.7 Å². The Morgan fingerprint density at radius 3 is 2.64 bits per heavy atom. The zero-order valence-electron chi connectivity index (χ0n) is 12.7. The van der Waals surface area contributed by atoms with Crippen molar-refractivity contribution in [1.82, 2.24) is 4.90 Å². The van der Waals surface area contributed by atoms with Gasteiger partial charge in [0.25, 0.3) is 5.91 Å². The number of amides is 1. The number of aliphatic imine (C=N–C) groups is 1. The van der Waals surface area contributed by atoms with Gasteiger partial charge in [-0.3, -0.25) is 4.79 Å². The minimum absolute atomic E-state index is 0.143. The molecule has 1 amide bonds. The van der Waals surface area contributed by atoms with Gasteiger partial charge in [0, 0.05) is 18.7 Å². The van der Waals surface area contributed by atoms with Crippen molar-refractivity contribution >= 4 is 28.9 Å². The largest absolute Gasteiger partial charge is 0.496 e. The Morgan fingerprint density at radius 1 is 1.18 bits per heavy atom. The first-order valence-electron chi connectivity index (χ1n) is 7.68. The van der Waals surface area contributed by atoms with Crippen molar-refractivity contribution in [2.75, 3.05) is 20.2 Å². The Kier molecular flexibility index (Phi) is 4.83. The number of nitrogens with zero attached hydrogens (tertiary/aromatic N) is 2. The first kappa shape index (κ1) is 15.2. The zero-order chi connectivity index (χ0) is 15.4. The number of thioether (sulfide) groups is 1. The summed E-state index contributed by atoms with van der Waals surface area (Å²) in [5.74, 6) is 0.627. The van der Waals surface area contributed by atoms with Crippen molar-refractivity contribution in [3.8, 4) is 5.75 Å². The molecule has 0 aliphatic carbocycles. The number of likely N-dealkylation sites (tertiary alicyclic amines) is 1. The lowest BCUT2D eigenvalue weighted by Gasteiger charge is -2.20. The van der Waals surface area contributed by atoms with Crippen LogP contribution >= 0.6 is 11.8 Å². The van der Waals surface area contributed by atoms with Gasteiger partial charge in [0.15, 0.2) is 5.17 Å². The summed E-state index contributed by atoms with van der Waals surface area (Å²) in [5.41, 5.74) is 0.910. The van der Waals surface area contributed by atoms with Crippen LogP contribution in [0.3, 0.4) is 0 Å². The molecule has 0 N–H and O–H groups in total. The predicted octanol–water partition coefficient (Wildman–Crippen LogP) is 3.54. The maximum Gasteiger partial charge on any atom is 0.286 e. The fraction of sp³-hybridized carbons (Fsp3) is 0.412. The first-order valence-corrected chi connectivity index (χ1v) is 8.50. The summed E-state index contributed by atoms with van der Waals surface area (Å²) < 4.78 is 5.34. The SMILES string of the molecule is COc1ccccc1/C=C1\SC(N2CCCCCC2)=NC1=O. The highest BCUT2D eigenvalue weighted by molar-refractivity contribution is 8.18. The molecule has 0 unspecified atom stereocenters. The predicted molar refractivity (Wildman–Crippen MR) is 91.0 cm³/mol. The van der Waals surface area contributed by atoms with E-state index < -0.39 is 0 Å². The number of hydrogen-bond acceptors (Lipinski definition) is 4. The van der Waals surface area contributed by atoms with Gasteiger partial charge in [-0.25, -0.2) is 0 Å². The van der Waals surface area contributed by atoms with Gasteiger partial charge < -0.3 is 9.64 Å². The molecule has 0 saturated carbocycles. The maximum absolute atomic E-state index is 12.2. The van der Waals surface area contributed by atoms with Crippen LogP contribution in [0.2, 0.25) is 0 Å². The quantitative estimate of drug-likeness (QED) is 0.783. The number of benzene rings is 1. The molecule has 2 aliphatic rings. The highest BCUT2D eigenvalue weighted by atomic mass is 32.2. The summed E-state index contributed by atoms with van der Waals surface area (Å²) >= 11 is 1.48. The molecule has 0 atom stereocenters. The number of ether oxygens (including phenoxy) is 1. The first-order chi connectivity index (χ1) is 10.8. The van der Waals surface area contributed by atoms with Crippen LogP contribution in [0.25, 0.3) is 6.08 Å². The summed E-state index contributed by atoms with van der Waals surface area (Å²) in [6.45, 7) is 2.00. The van der Waals surface area contributed by atoms with Gasteiger partial charge in [-0.15, -0.1) is 0 Å². The highest BCUT2D eigenvalue weighted by Gasteiger charge is 2.26. The van der Waals surface area contributed by atoms with Gasteiger partial charge in [0.05, 0.1) is 12.0 Å².